The number of aromatic hydroxyl groups is 1. The topological polar surface area (TPSA) is 69.6 Å². The first kappa shape index (κ1) is 16.3. The van der Waals surface area contributed by atoms with E-state index < -0.39 is 10.0 Å². The summed E-state index contributed by atoms with van der Waals surface area (Å²) in [5.74, 6) is 0.640. The Morgan fingerprint density at radius 1 is 1.43 bits per heavy atom. The zero-order valence-electron chi connectivity index (χ0n) is 12.6. The normalized spacial score (nSPS) is 21.5. The fourth-order valence-corrected chi connectivity index (χ4v) is 3.75. The summed E-state index contributed by atoms with van der Waals surface area (Å²) in [4.78, 5) is 0. The maximum atomic E-state index is 11.5. The van der Waals surface area contributed by atoms with Crippen molar-refractivity contribution in [2.75, 3.05) is 25.9 Å². The predicted octanol–water partition coefficient (Wildman–Crippen LogP) is 1.71. The lowest BCUT2D eigenvalue weighted by atomic mass is 10.0. The van der Waals surface area contributed by atoms with Crippen LogP contribution in [-0.2, 0) is 10.0 Å². The number of nitrogens with zero attached hydrogens (tertiary/aromatic N) is 1. The molecule has 1 aliphatic heterocycles. The molecular weight excluding hydrogens is 288 g/mol. The number of nitrogens with one attached hydrogen (secondary N) is 1. The van der Waals surface area contributed by atoms with Crippen LogP contribution in [0.3, 0.4) is 0 Å². The van der Waals surface area contributed by atoms with Crippen molar-refractivity contribution in [3.63, 3.8) is 0 Å². The molecule has 1 heterocycles. The molecule has 1 fully saturated rings. The number of hydrogen-bond donors (Lipinski definition) is 2. The first-order chi connectivity index (χ1) is 9.91. The Kier molecular flexibility index (Phi) is 5.24. The van der Waals surface area contributed by atoms with Crippen LogP contribution in [0.1, 0.15) is 31.4 Å². The molecule has 1 aliphatic rings. The Hall–Kier alpha value is -1.11. The van der Waals surface area contributed by atoms with E-state index in [1.165, 1.54) is 6.26 Å². The standard InChI is InChI=1S/C15H24N2O3S/c1-3-14(13-6-4-5-7-15(13)18)16-10-12-8-9-17(11-12)21(2,19)20/h4-7,12,14,16,18H,3,8-11H2,1-2H3/t12-,14+/m1/s1. The zero-order valence-corrected chi connectivity index (χ0v) is 13.4. The molecule has 0 radical (unpaired) electrons. The van der Waals surface area contributed by atoms with E-state index in [4.69, 9.17) is 0 Å². The number of rotatable bonds is 6. The van der Waals surface area contributed by atoms with Gasteiger partial charge in [-0.05, 0) is 31.4 Å². The van der Waals surface area contributed by atoms with Gasteiger partial charge in [0.1, 0.15) is 5.75 Å². The third kappa shape index (κ3) is 4.18. The summed E-state index contributed by atoms with van der Waals surface area (Å²) in [6.07, 6.45) is 3.02. The van der Waals surface area contributed by atoms with E-state index in [2.05, 4.69) is 12.2 Å². The number of phenols is 1. The monoisotopic (exact) mass is 312 g/mol. The van der Waals surface area contributed by atoms with E-state index in [1.807, 2.05) is 18.2 Å². The quantitative estimate of drug-likeness (QED) is 0.839. The minimum Gasteiger partial charge on any atom is -0.508 e. The number of hydrogen-bond acceptors (Lipinski definition) is 4. The summed E-state index contributed by atoms with van der Waals surface area (Å²) < 4.78 is 24.6. The summed E-state index contributed by atoms with van der Waals surface area (Å²) in [7, 11) is -3.07. The molecule has 2 rings (SSSR count). The van der Waals surface area contributed by atoms with Gasteiger partial charge in [0.25, 0.3) is 0 Å². The molecule has 2 atom stereocenters. The lowest BCUT2D eigenvalue weighted by Crippen LogP contribution is -2.31. The van der Waals surface area contributed by atoms with Crippen LogP contribution in [0.2, 0.25) is 0 Å². The molecule has 0 aliphatic carbocycles. The Bertz CT molecular complexity index is 574. The summed E-state index contributed by atoms with van der Waals surface area (Å²) in [5.41, 5.74) is 0.901. The van der Waals surface area contributed by atoms with Crippen molar-refractivity contribution in [1.82, 2.24) is 9.62 Å². The van der Waals surface area contributed by atoms with Crippen molar-refractivity contribution in [1.29, 1.82) is 0 Å². The number of benzene rings is 1. The van der Waals surface area contributed by atoms with Gasteiger partial charge in [-0.1, -0.05) is 25.1 Å². The first-order valence-corrected chi connectivity index (χ1v) is 9.23. The van der Waals surface area contributed by atoms with Crippen molar-refractivity contribution in [3.8, 4) is 5.75 Å². The molecule has 6 heteroatoms. The van der Waals surface area contributed by atoms with E-state index >= 15 is 0 Å². The molecule has 0 saturated carbocycles. The van der Waals surface area contributed by atoms with E-state index in [-0.39, 0.29) is 6.04 Å². The van der Waals surface area contributed by atoms with Gasteiger partial charge < -0.3 is 10.4 Å². The Morgan fingerprint density at radius 3 is 2.71 bits per heavy atom. The van der Waals surface area contributed by atoms with Gasteiger partial charge in [-0.25, -0.2) is 12.7 Å². The zero-order chi connectivity index (χ0) is 15.5. The Morgan fingerprint density at radius 2 is 2.14 bits per heavy atom. The van der Waals surface area contributed by atoms with Crippen LogP contribution < -0.4 is 5.32 Å². The molecule has 2 N–H and O–H groups in total. The molecule has 0 unspecified atom stereocenters. The smallest absolute Gasteiger partial charge is 0.211 e. The van der Waals surface area contributed by atoms with Gasteiger partial charge in [0.15, 0.2) is 0 Å². The van der Waals surface area contributed by atoms with Gasteiger partial charge in [-0.2, -0.15) is 0 Å². The molecule has 0 spiro atoms. The highest BCUT2D eigenvalue weighted by Gasteiger charge is 2.28. The maximum absolute atomic E-state index is 11.5. The third-order valence-corrected chi connectivity index (χ3v) is 5.36. The molecule has 1 saturated heterocycles. The number of phenolic OH excluding ortho intramolecular Hbond substituents is 1. The largest absolute Gasteiger partial charge is 0.508 e. The van der Waals surface area contributed by atoms with Crippen molar-refractivity contribution < 1.29 is 13.5 Å². The lowest BCUT2D eigenvalue weighted by Gasteiger charge is -2.21. The third-order valence-electron chi connectivity index (χ3n) is 4.09. The van der Waals surface area contributed by atoms with Crippen LogP contribution in [0.5, 0.6) is 5.75 Å². The minimum absolute atomic E-state index is 0.0958. The highest BCUT2D eigenvalue weighted by Crippen LogP contribution is 2.26. The van der Waals surface area contributed by atoms with Crippen LogP contribution in [0.25, 0.3) is 0 Å². The number of para-hydroxylation sites is 1. The molecule has 0 aromatic heterocycles. The van der Waals surface area contributed by atoms with Gasteiger partial charge in [0.2, 0.25) is 10.0 Å². The summed E-state index contributed by atoms with van der Waals surface area (Å²) >= 11 is 0. The van der Waals surface area contributed by atoms with Gasteiger partial charge >= 0.3 is 0 Å². The molecule has 1 aromatic rings. The van der Waals surface area contributed by atoms with E-state index in [0.29, 0.717) is 24.8 Å². The maximum Gasteiger partial charge on any atom is 0.211 e. The highest BCUT2D eigenvalue weighted by atomic mass is 32.2. The van der Waals surface area contributed by atoms with Crippen LogP contribution in [0.15, 0.2) is 24.3 Å². The van der Waals surface area contributed by atoms with Crippen molar-refractivity contribution >= 4 is 10.0 Å². The second kappa shape index (κ2) is 6.77. The van der Waals surface area contributed by atoms with E-state index in [0.717, 1.165) is 24.9 Å². The van der Waals surface area contributed by atoms with Crippen LogP contribution in [0.4, 0.5) is 0 Å². The lowest BCUT2D eigenvalue weighted by molar-refractivity contribution is 0.405. The van der Waals surface area contributed by atoms with E-state index in [1.54, 1.807) is 10.4 Å². The summed E-state index contributed by atoms with van der Waals surface area (Å²) in [5, 5.41) is 13.4. The molecule has 0 bridgehead atoms. The average Bonchev–Trinajstić information content (AvgIpc) is 2.90. The molecule has 0 amide bonds. The second-order valence-corrected chi connectivity index (χ2v) is 7.69. The van der Waals surface area contributed by atoms with Crippen molar-refractivity contribution in [2.45, 2.75) is 25.8 Å². The van der Waals surface area contributed by atoms with Gasteiger partial charge in [0.05, 0.1) is 6.26 Å². The summed E-state index contributed by atoms with van der Waals surface area (Å²) in [6.45, 7) is 4.03. The highest BCUT2D eigenvalue weighted by molar-refractivity contribution is 7.88. The first-order valence-electron chi connectivity index (χ1n) is 7.38. The van der Waals surface area contributed by atoms with Gasteiger partial charge in [-0.15, -0.1) is 0 Å². The minimum atomic E-state index is -3.07. The molecule has 5 nitrogen and oxygen atoms in total. The fourth-order valence-electron chi connectivity index (χ4n) is 2.83. The molecular formula is C15H24N2O3S. The molecule has 118 valence electrons. The van der Waals surface area contributed by atoms with Crippen LogP contribution in [-0.4, -0.2) is 43.7 Å². The van der Waals surface area contributed by atoms with Crippen molar-refractivity contribution in [3.05, 3.63) is 29.8 Å². The summed E-state index contributed by atoms with van der Waals surface area (Å²) in [6, 6.07) is 7.44. The fraction of sp³-hybridized carbons (Fsp3) is 0.600. The SMILES string of the molecule is CC[C@H](NC[C@H]1CCN(S(C)(=O)=O)C1)c1ccccc1O. The predicted molar refractivity (Wildman–Crippen MR) is 83.7 cm³/mol. The van der Waals surface area contributed by atoms with Gasteiger partial charge in [0, 0.05) is 24.7 Å². The van der Waals surface area contributed by atoms with E-state index in [9.17, 15) is 13.5 Å². The van der Waals surface area contributed by atoms with Crippen LogP contribution in [0, 0.1) is 5.92 Å². The van der Waals surface area contributed by atoms with Gasteiger partial charge in [-0.3, -0.25) is 0 Å². The number of sulfonamides is 1. The Balaban J connectivity index is 1.92. The van der Waals surface area contributed by atoms with Crippen LogP contribution >= 0.6 is 0 Å². The molecule has 21 heavy (non-hydrogen) atoms. The van der Waals surface area contributed by atoms with Crippen molar-refractivity contribution in [2.24, 2.45) is 5.92 Å². The Labute approximate surface area is 127 Å². The average molecular weight is 312 g/mol. The molecule has 1 aromatic carbocycles. The second-order valence-electron chi connectivity index (χ2n) is 5.70.